The Morgan fingerprint density at radius 1 is 0.952 bits per heavy atom. The van der Waals surface area contributed by atoms with Crippen LogP contribution in [0.1, 0.15) is 101 Å². The number of carbonyl (C=O) groups is 5. The Kier molecular flexibility index (Phi) is 17.5. The molecule has 4 atom stereocenters. The van der Waals surface area contributed by atoms with Gasteiger partial charge in [-0.1, -0.05) is 63.3 Å². The molecule has 0 aliphatic carbocycles. The minimum Gasteiger partial charge on any atom is -0.487 e. The number of nitrogens with zero attached hydrogens (tertiary/aromatic N) is 2. The van der Waals surface area contributed by atoms with Crippen LogP contribution in [0.15, 0.2) is 65.5 Å². The number of ether oxygens (including phenoxy) is 1. The van der Waals surface area contributed by atoms with Crippen LogP contribution in [0.25, 0.3) is 0 Å². The third kappa shape index (κ3) is 12.7. The van der Waals surface area contributed by atoms with Crippen LogP contribution in [-0.2, 0) is 40.4 Å². The molecular weight excluding hydrogens is 813 g/mol. The Morgan fingerprint density at radius 3 is 2.16 bits per heavy atom. The molecule has 17 heteroatoms. The molecule has 7 N–H and O–H groups in total. The second-order valence-corrected chi connectivity index (χ2v) is 18.5. The number of benzene rings is 2. The number of nitrogens with two attached hydrogens (primary N) is 1. The van der Waals surface area contributed by atoms with E-state index in [0.717, 1.165) is 11.1 Å². The maximum atomic E-state index is 14.1. The van der Waals surface area contributed by atoms with Gasteiger partial charge >= 0.3 is 0 Å². The number of hydrogen-bond donors (Lipinski definition) is 6. The Labute approximate surface area is 367 Å². The predicted octanol–water partition coefficient (Wildman–Crippen LogP) is 3.69. The molecule has 0 bridgehead atoms. The lowest BCUT2D eigenvalue weighted by Crippen LogP contribution is -2.61. The van der Waals surface area contributed by atoms with Gasteiger partial charge in [0, 0.05) is 38.0 Å². The van der Waals surface area contributed by atoms with Crippen molar-refractivity contribution in [3.05, 3.63) is 83.5 Å². The topological polar surface area (TPSA) is 230 Å². The number of fused-ring (bicyclic) bond motifs is 1. The van der Waals surface area contributed by atoms with Crippen LogP contribution < -0.4 is 36.5 Å². The fourth-order valence-electron chi connectivity index (χ4n) is 7.16. The molecule has 3 rings (SSSR count). The van der Waals surface area contributed by atoms with E-state index >= 15 is 0 Å². The maximum absolute atomic E-state index is 14.1. The van der Waals surface area contributed by atoms with Crippen molar-refractivity contribution >= 4 is 45.5 Å². The average molecular weight is 879 g/mol. The van der Waals surface area contributed by atoms with Crippen molar-refractivity contribution in [1.29, 1.82) is 0 Å². The number of sulfonamides is 1. The molecule has 2 aromatic carbocycles. The van der Waals surface area contributed by atoms with Gasteiger partial charge in [-0.2, -0.15) is 0 Å². The summed E-state index contributed by atoms with van der Waals surface area (Å²) in [4.78, 5) is 73.8. The van der Waals surface area contributed by atoms with E-state index in [9.17, 15) is 32.4 Å². The van der Waals surface area contributed by atoms with Crippen molar-refractivity contribution in [2.45, 2.75) is 129 Å². The quantitative estimate of drug-likeness (QED) is 0.0464. The van der Waals surface area contributed by atoms with Gasteiger partial charge in [-0.05, 0) is 89.5 Å². The van der Waals surface area contributed by atoms with E-state index in [0.29, 0.717) is 28.9 Å². The van der Waals surface area contributed by atoms with Crippen molar-refractivity contribution in [2.75, 3.05) is 20.1 Å². The highest BCUT2D eigenvalue weighted by Gasteiger charge is 2.39. The fourth-order valence-corrected chi connectivity index (χ4v) is 8.69. The summed E-state index contributed by atoms with van der Waals surface area (Å²) in [6.07, 6.45) is 3.84. The van der Waals surface area contributed by atoms with Crippen LogP contribution in [0.5, 0.6) is 5.75 Å². The molecule has 16 nitrogen and oxygen atoms in total. The van der Waals surface area contributed by atoms with Gasteiger partial charge in [-0.15, -0.1) is 13.2 Å². The zero-order chi connectivity index (χ0) is 46.7. The smallest absolute Gasteiger partial charge is 0.264 e. The maximum Gasteiger partial charge on any atom is 0.264 e. The highest BCUT2D eigenvalue weighted by Crippen LogP contribution is 2.43. The highest BCUT2D eigenvalue weighted by molar-refractivity contribution is 7.90. The highest BCUT2D eigenvalue weighted by atomic mass is 32.2. The number of guanidine groups is 1. The van der Waals surface area contributed by atoms with Crippen molar-refractivity contribution in [2.24, 2.45) is 16.6 Å². The zero-order valence-electron chi connectivity index (χ0n) is 37.9. The Balaban J connectivity index is 1.87. The summed E-state index contributed by atoms with van der Waals surface area (Å²) in [6, 6.07) is 5.23. The van der Waals surface area contributed by atoms with Crippen LogP contribution >= 0.6 is 0 Å². The number of hydrogen-bond acceptors (Lipinski definition) is 9. The van der Waals surface area contributed by atoms with Crippen LogP contribution in [-0.4, -0.2) is 92.2 Å². The molecule has 1 heterocycles. The molecule has 1 unspecified atom stereocenters. The SMILES string of the molecule is C=CCN(C)C(=O)[C@H](NC(=O)[C@H](CC)NC(=O)[C@H](CCCN=C(N)NS(=O)(=O)c1c(C)c(C)c2c(c1C)CC(C)(C)O2)NC(=O)C(C)(CC=C)NC(=O)C(C)C)c1ccccc1. The number of likely N-dealkylation sites (N-methyl/N-ethyl adjacent to an activating group) is 1. The number of rotatable bonds is 21. The largest absolute Gasteiger partial charge is 0.487 e. The molecule has 0 saturated heterocycles. The first-order chi connectivity index (χ1) is 28.9. The molecule has 1 aliphatic rings. The van der Waals surface area contributed by atoms with Gasteiger partial charge < -0.3 is 36.6 Å². The number of nitrogens with one attached hydrogen (secondary N) is 5. The molecule has 2 aromatic rings. The normalized spacial score (nSPS) is 15.7. The second-order valence-electron chi connectivity index (χ2n) is 16.9. The van der Waals surface area contributed by atoms with Crippen molar-refractivity contribution in [3.8, 4) is 5.75 Å². The first-order valence-electron chi connectivity index (χ1n) is 20.8. The average Bonchev–Trinajstić information content (AvgIpc) is 3.54. The predicted molar refractivity (Wildman–Crippen MR) is 241 cm³/mol. The summed E-state index contributed by atoms with van der Waals surface area (Å²) in [5, 5.41) is 11.0. The van der Waals surface area contributed by atoms with E-state index in [2.05, 4.69) is 44.1 Å². The standard InChI is InChI=1S/C45H66N8O8S/c1-13-23-45(11,51-38(54)27(4)5)42(58)49-34(40(56)48-33(15-3)39(55)50-35(31-20-17-16-18-21-31)41(57)53(12)25-14-2)22-19-24-47-43(46)52-62(59,60)37-29(7)28(6)36-32(30(37)8)26-44(9,10)61-36/h13-14,16-18,20-21,27,33-35H,1-2,15,19,22-26H2,3-12H3,(H,48,56)(H,49,58)(H,50,55)(H,51,54)(H3,46,47,52)/t33-,34-,35+,45?/m0/s1. The lowest BCUT2D eigenvalue weighted by atomic mass is 9.94. The lowest BCUT2D eigenvalue weighted by molar-refractivity contribution is -0.138. The summed E-state index contributed by atoms with van der Waals surface area (Å²) >= 11 is 0. The van der Waals surface area contributed by atoms with Crippen LogP contribution in [0.2, 0.25) is 0 Å². The van der Waals surface area contributed by atoms with E-state index < -0.39 is 68.8 Å². The Hall–Kier alpha value is -5.71. The van der Waals surface area contributed by atoms with Gasteiger partial charge in [0.15, 0.2) is 0 Å². The third-order valence-corrected chi connectivity index (χ3v) is 12.4. The van der Waals surface area contributed by atoms with E-state index in [1.807, 2.05) is 20.8 Å². The van der Waals surface area contributed by atoms with Gasteiger partial charge in [0.1, 0.15) is 35.0 Å². The van der Waals surface area contributed by atoms with Crippen LogP contribution in [0.4, 0.5) is 0 Å². The van der Waals surface area contributed by atoms with Crippen molar-refractivity contribution < 1.29 is 37.1 Å². The van der Waals surface area contributed by atoms with Gasteiger partial charge in [-0.3, -0.25) is 29.0 Å². The number of carbonyl (C=O) groups excluding carboxylic acids is 5. The number of amides is 5. The van der Waals surface area contributed by atoms with Crippen LogP contribution in [0.3, 0.4) is 0 Å². The number of aliphatic imine (C=N–C) groups is 1. The second kappa shape index (κ2) is 21.4. The Bertz CT molecular complexity index is 2150. The Morgan fingerprint density at radius 2 is 1.58 bits per heavy atom. The van der Waals surface area contributed by atoms with E-state index in [4.69, 9.17) is 10.5 Å². The van der Waals surface area contributed by atoms with Gasteiger partial charge in [0.05, 0.1) is 4.90 Å². The minimum atomic E-state index is -4.18. The summed E-state index contributed by atoms with van der Waals surface area (Å²) in [6.45, 7) is 23.3. The first-order valence-corrected chi connectivity index (χ1v) is 22.3. The first kappa shape index (κ1) is 50.6. The molecule has 340 valence electrons. The zero-order valence-corrected chi connectivity index (χ0v) is 38.7. The molecule has 62 heavy (non-hydrogen) atoms. The molecule has 0 saturated carbocycles. The molecule has 1 aliphatic heterocycles. The minimum absolute atomic E-state index is 0.0308. The van der Waals surface area contributed by atoms with E-state index in [1.54, 1.807) is 78.1 Å². The molecule has 0 aromatic heterocycles. The van der Waals surface area contributed by atoms with E-state index in [-0.39, 0.29) is 55.5 Å². The fraction of sp³-hybridized carbons (Fsp3) is 0.511. The third-order valence-electron chi connectivity index (χ3n) is 10.8. The summed E-state index contributed by atoms with van der Waals surface area (Å²) in [5.41, 5.74) is 7.31. The van der Waals surface area contributed by atoms with Crippen LogP contribution in [0, 0.1) is 26.7 Å². The van der Waals surface area contributed by atoms with Gasteiger partial charge in [0.25, 0.3) is 10.0 Å². The van der Waals surface area contributed by atoms with Crippen molar-refractivity contribution in [3.63, 3.8) is 0 Å². The molecule has 5 amide bonds. The summed E-state index contributed by atoms with van der Waals surface area (Å²) in [5.74, 6) is -2.94. The lowest BCUT2D eigenvalue weighted by Gasteiger charge is -2.32. The summed E-state index contributed by atoms with van der Waals surface area (Å²) in [7, 11) is -2.59. The van der Waals surface area contributed by atoms with Crippen molar-refractivity contribution in [1.82, 2.24) is 30.9 Å². The monoisotopic (exact) mass is 878 g/mol. The summed E-state index contributed by atoms with van der Waals surface area (Å²) < 4.78 is 36.0. The van der Waals surface area contributed by atoms with Gasteiger partial charge in [-0.25, -0.2) is 13.1 Å². The van der Waals surface area contributed by atoms with Gasteiger partial charge in [0.2, 0.25) is 35.5 Å². The molecular formula is C45H66N8O8S. The molecule has 0 radical (unpaired) electrons. The van der Waals surface area contributed by atoms with E-state index in [1.165, 1.54) is 17.9 Å². The molecule has 0 spiro atoms. The molecule has 0 fully saturated rings.